The van der Waals surface area contributed by atoms with Crippen molar-refractivity contribution in [2.45, 2.75) is 25.5 Å². The van der Waals surface area contributed by atoms with Gasteiger partial charge >= 0.3 is 0 Å². The average Bonchev–Trinajstić information content (AvgIpc) is 2.15. The van der Waals surface area contributed by atoms with Crippen molar-refractivity contribution in [1.29, 1.82) is 0 Å². The first-order valence-electron chi connectivity index (χ1n) is 5.71. The lowest BCUT2D eigenvalue weighted by Crippen LogP contribution is -2.40. The summed E-state index contributed by atoms with van der Waals surface area (Å²) in [4.78, 5) is 2.05. The van der Waals surface area contributed by atoms with Crippen molar-refractivity contribution in [3.05, 3.63) is 34.9 Å². The van der Waals surface area contributed by atoms with Crippen LogP contribution < -0.4 is 5.73 Å². The first kappa shape index (κ1) is 14.5. The van der Waals surface area contributed by atoms with Crippen molar-refractivity contribution in [3.8, 4) is 0 Å². The predicted octanol–water partition coefficient (Wildman–Crippen LogP) is 2.04. The van der Waals surface area contributed by atoms with Crippen LogP contribution in [-0.2, 0) is 0 Å². The number of hydrogen-bond acceptors (Lipinski definition) is 3. The van der Waals surface area contributed by atoms with E-state index in [1.165, 1.54) is 0 Å². The van der Waals surface area contributed by atoms with Crippen LogP contribution in [0.4, 0.5) is 0 Å². The monoisotopic (exact) mass is 256 g/mol. The number of likely N-dealkylation sites (N-methyl/N-ethyl adjacent to an activating group) is 1. The zero-order valence-electron chi connectivity index (χ0n) is 10.7. The van der Waals surface area contributed by atoms with Gasteiger partial charge in [-0.2, -0.15) is 0 Å². The molecule has 1 aromatic carbocycles. The van der Waals surface area contributed by atoms with Gasteiger partial charge in [0.05, 0.1) is 5.60 Å². The molecular formula is C13H21ClN2O. The minimum atomic E-state index is -0.735. The summed E-state index contributed by atoms with van der Waals surface area (Å²) in [7, 11) is 1.95. The van der Waals surface area contributed by atoms with E-state index < -0.39 is 5.60 Å². The summed E-state index contributed by atoms with van der Waals surface area (Å²) in [5.74, 6) is 0. The molecule has 0 aliphatic rings. The molecule has 1 rings (SSSR count). The topological polar surface area (TPSA) is 49.5 Å². The van der Waals surface area contributed by atoms with Gasteiger partial charge in [-0.1, -0.05) is 23.7 Å². The summed E-state index contributed by atoms with van der Waals surface area (Å²) >= 11 is 5.97. The molecule has 0 saturated carbocycles. The van der Waals surface area contributed by atoms with E-state index in [9.17, 15) is 5.11 Å². The normalized spacial score (nSPS) is 14.1. The maximum atomic E-state index is 9.83. The molecule has 0 bridgehead atoms. The van der Waals surface area contributed by atoms with Crippen LogP contribution in [0.1, 0.15) is 25.5 Å². The summed E-state index contributed by atoms with van der Waals surface area (Å²) in [6.45, 7) is 4.62. The molecule has 0 spiro atoms. The first-order chi connectivity index (χ1) is 7.83. The highest BCUT2D eigenvalue weighted by atomic mass is 35.5. The van der Waals surface area contributed by atoms with Gasteiger partial charge < -0.3 is 10.8 Å². The van der Waals surface area contributed by atoms with Crippen LogP contribution in [0.15, 0.2) is 24.3 Å². The van der Waals surface area contributed by atoms with Crippen molar-refractivity contribution in [1.82, 2.24) is 4.90 Å². The first-order valence-corrected chi connectivity index (χ1v) is 6.09. The summed E-state index contributed by atoms with van der Waals surface area (Å²) in [5.41, 5.74) is 6.15. The Balaban J connectivity index is 2.84. The summed E-state index contributed by atoms with van der Waals surface area (Å²) in [5, 5.41) is 10.5. The van der Waals surface area contributed by atoms with Crippen LogP contribution in [0.2, 0.25) is 5.02 Å². The van der Waals surface area contributed by atoms with E-state index in [4.69, 9.17) is 17.3 Å². The molecule has 0 aliphatic heterocycles. The number of nitrogens with two attached hydrogens (primary N) is 1. The second kappa shape index (κ2) is 5.83. The third-order valence-electron chi connectivity index (χ3n) is 2.63. The van der Waals surface area contributed by atoms with Gasteiger partial charge in [0.1, 0.15) is 0 Å². The largest absolute Gasteiger partial charge is 0.389 e. The Labute approximate surface area is 108 Å². The lowest BCUT2D eigenvalue weighted by molar-refractivity contribution is 0.0321. The fourth-order valence-corrected chi connectivity index (χ4v) is 2.20. The number of rotatable bonds is 5. The predicted molar refractivity (Wildman–Crippen MR) is 72.2 cm³/mol. The fourth-order valence-electron chi connectivity index (χ4n) is 2.00. The van der Waals surface area contributed by atoms with Crippen molar-refractivity contribution in [2.75, 3.05) is 20.1 Å². The summed E-state index contributed by atoms with van der Waals surface area (Å²) in [6.07, 6.45) is 0. The minimum absolute atomic E-state index is 0.0696. The second-order valence-corrected chi connectivity index (χ2v) is 5.47. The van der Waals surface area contributed by atoms with Gasteiger partial charge in [-0.25, -0.2) is 0 Å². The molecule has 96 valence electrons. The average molecular weight is 257 g/mol. The molecule has 0 saturated heterocycles. The molecule has 3 N–H and O–H groups in total. The molecule has 3 nitrogen and oxygen atoms in total. The molecule has 0 aliphatic carbocycles. The van der Waals surface area contributed by atoms with Crippen molar-refractivity contribution < 1.29 is 5.11 Å². The Morgan fingerprint density at radius 3 is 2.59 bits per heavy atom. The molecule has 0 heterocycles. The second-order valence-electron chi connectivity index (χ2n) is 5.03. The zero-order valence-corrected chi connectivity index (χ0v) is 11.4. The number of hydrogen-bond donors (Lipinski definition) is 2. The fraction of sp³-hybridized carbons (Fsp3) is 0.538. The van der Waals surface area contributed by atoms with Gasteiger partial charge in [-0.05, 0) is 38.6 Å². The van der Waals surface area contributed by atoms with E-state index in [-0.39, 0.29) is 6.04 Å². The SMILES string of the molecule is CN(CC(C)(C)O)C(CN)c1cccc(Cl)c1. The van der Waals surface area contributed by atoms with Gasteiger partial charge in [0.25, 0.3) is 0 Å². The van der Waals surface area contributed by atoms with Crippen LogP contribution in [0, 0.1) is 0 Å². The van der Waals surface area contributed by atoms with Crippen LogP contribution in [0.3, 0.4) is 0 Å². The zero-order chi connectivity index (χ0) is 13.1. The molecule has 4 heteroatoms. The molecule has 0 amide bonds. The smallest absolute Gasteiger partial charge is 0.0718 e. The number of benzene rings is 1. The Morgan fingerprint density at radius 1 is 1.47 bits per heavy atom. The molecule has 1 unspecified atom stereocenters. The minimum Gasteiger partial charge on any atom is -0.389 e. The third kappa shape index (κ3) is 4.64. The van der Waals surface area contributed by atoms with E-state index in [1.807, 2.05) is 36.2 Å². The van der Waals surface area contributed by atoms with Gasteiger partial charge in [-0.3, -0.25) is 4.90 Å². The van der Waals surface area contributed by atoms with E-state index in [1.54, 1.807) is 13.8 Å². The quantitative estimate of drug-likeness (QED) is 0.848. The molecule has 1 atom stereocenters. The number of halogens is 1. The van der Waals surface area contributed by atoms with Gasteiger partial charge in [0.15, 0.2) is 0 Å². The standard InChI is InChI=1S/C13H21ClN2O/c1-13(2,17)9-16(3)12(8-15)10-5-4-6-11(14)7-10/h4-7,12,17H,8-9,15H2,1-3H3. The Kier molecular flexibility index (Phi) is 4.95. The molecular weight excluding hydrogens is 236 g/mol. The van der Waals surface area contributed by atoms with Crippen LogP contribution in [-0.4, -0.2) is 35.7 Å². The Morgan fingerprint density at radius 2 is 2.12 bits per heavy atom. The lowest BCUT2D eigenvalue weighted by atomic mass is 10.0. The Hall–Kier alpha value is -0.610. The van der Waals surface area contributed by atoms with E-state index in [2.05, 4.69) is 0 Å². The van der Waals surface area contributed by atoms with E-state index >= 15 is 0 Å². The maximum absolute atomic E-state index is 9.83. The highest BCUT2D eigenvalue weighted by molar-refractivity contribution is 6.30. The molecule has 0 aromatic heterocycles. The number of nitrogens with zero attached hydrogens (tertiary/aromatic N) is 1. The van der Waals surface area contributed by atoms with E-state index in [0.29, 0.717) is 18.1 Å². The van der Waals surface area contributed by atoms with Crippen molar-refractivity contribution in [2.24, 2.45) is 5.73 Å². The third-order valence-corrected chi connectivity index (χ3v) is 2.86. The van der Waals surface area contributed by atoms with Crippen molar-refractivity contribution >= 4 is 11.6 Å². The van der Waals surface area contributed by atoms with Crippen molar-refractivity contribution in [3.63, 3.8) is 0 Å². The van der Waals surface area contributed by atoms with E-state index in [0.717, 1.165) is 5.56 Å². The van der Waals surface area contributed by atoms with Crippen LogP contribution in [0.5, 0.6) is 0 Å². The Bertz CT molecular complexity index is 363. The summed E-state index contributed by atoms with van der Waals surface area (Å²) < 4.78 is 0. The van der Waals surface area contributed by atoms with Gasteiger partial charge in [0, 0.05) is 24.2 Å². The van der Waals surface area contributed by atoms with Crippen LogP contribution in [0.25, 0.3) is 0 Å². The molecule has 17 heavy (non-hydrogen) atoms. The molecule has 0 radical (unpaired) electrons. The van der Waals surface area contributed by atoms with Gasteiger partial charge in [-0.15, -0.1) is 0 Å². The maximum Gasteiger partial charge on any atom is 0.0718 e. The van der Waals surface area contributed by atoms with Crippen LogP contribution >= 0.6 is 11.6 Å². The summed E-state index contributed by atoms with van der Waals surface area (Å²) in [6, 6.07) is 7.75. The number of aliphatic hydroxyl groups is 1. The highest BCUT2D eigenvalue weighted by Gasteiger charge is 2.22. The van der Waals surface area contributed by atoms with Gasteiger partial charge in [0.2, 0.25) is 0 Å². The lowest BCUT2D eigenvalue weighted by Gasteiger charge is -2.32. The highest BCUT2D eigenvalue weighted by Crippen LogP contribution is 2.22. The molecule has 0 fully saturated rings. The molecule has 1 aromatic rings.